The third-order valence-electron chi connectivity index (χ3n) is 4.53. The van der Waals surface area contributed by atoms with Crippen molar-refractivity contribution in [2.24, 2.45) is 0 Å². The van der Waals surface area contributed by atoms with E-state index in [1.165, 1.54) is 16.5 Å². The minimum absolute atomic E-state index is 0.258. The zero-order valence-corrected chi connectivity index (χ0v) is 16.6. The average Bonchev–Trinajstić information content (AvgIpc) is 3.04. The van der Waals surface area contributed by atoms with Gasteiger partial charge in [0.1, 0.15) is 0 Å². The second kappa shape index (κ2) is 9.12. The molecule has 0 spiro atoms. The van der Waals surface area contributed by atoms with Gasteiger partial charge in [0, 0.05) is 29.7 Å². The summed E-state index contributed by atoms with van der Waals surface area (Å²) >= 11 is 0. The molecule has 1 heterocycles. The number of benzene rings is 2. The second-order valence-electron chi connectivity index (χ2n) is 6.67. The monoisotopic (exact) mass is 374 g/mol. The molecular formula is C23H26N4O. The summed E-state index contributed by atoms with van der Waals surface area (Å²) in [6.07, 6.45) is 0. The van der Waals surface area contributed by atoms with E-state index in [1.807, 2.05) is 38.2 Å². The van der Waals surface area contributed by atoms with E-state index in [2.05, 4.69) is 63.5 Å². The van der Waals surface area contributed by atoms with Gasteiger partial charge < -0.3 is 20.5 Å². The van der Waals surface area contributed by atoms with Gasteiger partial charge >= 0.3 is 6.03 Å². The van der Waals surface area contributed by atoms with Crippen molar-refractivity contribution in [1.82, 2.24) is 15.2 Å². The van der Waals surface area contributed by atoms with E-state index in [9.17, 15) is 4.79 Å². The van der Waals surface area contributed by atoms with Crippen LogP contribution in [-0.2, 0) is 13.1 Å². The normalized spacial score (nSPS) is 10.4. The summed E-state index contributed by atoms with van der Waals surface area (Å²) in [5, 5.41) is 9.93. The molecule has 0 aliphatic rings. The fourth-order valence-corrected chi connectivity index (χ4v) is 3.15. The number of urea groups is 1. The van der Waals surface area contributed by atoms with Gasteiger partial charge in [-0.3, -0.25) is 0 Å². The number of aromatic nitrogens is 1. The van der Waals surface area contributed by atoms with Crippen LogP contribution in [0.25, 0.3) is 10.9 Å². The van der Waals surface area contributed by atoms with Gasteiger partial charge in [0.15, 0.2) is 0 Å². The lowest BCUT2D eigenvalue weighted by Crippen LogP contribution is -2.28. The average molecular weight is 374 g/mol. The molecule has 0 saturated heterocycles. The van der Waals surface area contributed by atoms with E-state index in [1.54, 1.807) is 0 Å². The number of amides is 2. The molecule has 0 aliphatic carbocycles. The number of carbonyl (C=O) groups excluding carboxylic acids is 1. The van der Waals surface area contributed by atoms with Crippen LogP contribution in [0.3, 0.4) is 0 Å². The molecule has 0 radical (unpaired) electrons. The third-order valence-corrected chi connectivity index (χ3v) is 4.53. The summed E-state index contributed by atoms with van der Waals surface area (Å²) in [6, 6.07) is 16.0. The van der Waals surface area contributed by atoms with Crippen LogP contribution in [0.15, 0.2) is 48.5 Å². The van der Waals surface area contributed by atoms with Crippen LogP contribution in [-0.4, -0.2) is 24.2 Å². The van der Waals surface area contributed by atoms with Gasteiger partial charge in [0.05, 0.1) is 12.2 Å². The highest BCUT2D eigenvalue weighted by atomic mass is 16.2. The first-order chi connectivity index (χ1) is 13.6. The Morgan fingerprint density at radius 1 is 1.11 bits per heavy atom. The Labute approximate surface area is 166 Å². The van der Waals surface area contributed by atoms with E-state index in [0.717, 1.165) is 30.0 Å². The number of hydrogen-bond donors (Lipinski definition) is 3. The van der Waals surface area contributed by atoms with Gasteiger partial charge in [0.25, 0.3) is 0 Å². The third kappa shape index (κ3) is 4.73. The SMILES string of the molecule is CCn1c(C#CCNC(=O)Nc2ccc(C)cc2)cc2cc(CNC)ccc21. The quantitative estimate of drug-likeness (QED) is 0.594. The number of fused-ring (bicyclic) bond motifs is 1. The molecule has 3 rings (SSSR count). The maximum Gasteiger partial charge on any atom is 0.319 e. The van der Waals surface area contributed by atoms with Crippen molar-refractivity contribution in [2.45, 2.75) is 26.9 Å². The number of nitrogens with zero attached hydrogens (tertiary/aromatic N) is 1. The number of rotatable bonds is 5. The topological polar surface area (TPSA) is 58.1 Å². The summed E-state index contributed by atoms with van der Waals surface area (Å²) < 4.78 is 2.19. The number of nitrogens with one attached hydrogen (secondary N) is 3. The number of anilines is 1. The Bertz CT molecular complexity index is 1020. The van der Waals surface area contributed by atoms with Crippen LogP contribution in [0, 0.1) is 18.8 Å². The van der Waals surface area contributed by atoms with Crippen molar-refractivity contribution in [1.29, 1.82) is 0 Å². The molecule has 144 valence electrons. The van der Waals surface area contributed by atoms with Gasteiger partial charge in [0.2, 0.25) is 0 Å². The van der Waals surface area contributed by atoms with Gasteiger partial charge in [-0.2, -0.15) is 0 Å². The van der Waals surface area contributed by atoms with Gasteiger partial charge in [-0.1, -0.05) is 29.7 Å². The van der Waals surface area contributed by atoms with Crippen LogP contribution in [0.2, 0.25) is 0 Å². The molecule has 0 aliphatic heterocycles. The summed E-state index contributed by atoms with van der Waals surface area (Å²) in [4.78, 5) is 12.0. The highest BCUT2D eigenvalue weighted by Crippen LogP contribution is 2.21. The van der Waals surface area contributed by atoms with Crippen LogP contribution in [0.1, 0.15) is 23.7 Å². The molecular weight excluding hydrogens is 348 g/mol. The van der Waals surface area contributed by atoms with E-state index < -0.39 is 0 Å². The fraction of sp³-hybridized carbons (Fsp3) is 0.261. The van der Waals surface area contributed by atoms with Crippen LogP contribution >= 0.6 is 0 Å². The molecule has 28 heavy (non-hydrogen) atoms. The lowest BCUT2D eigenvalue weighted by atomic mass is 10.1. The molecule has 0 bridgehead atoms. The predicted molar refractivity (Wildman–Crippen MR) is 115 cm³/mol. The minimum atomic E-state index is -0.258. The van der Waals surface area contributed by atoms with Crippen molar-refractivity contribution in [2.75, 3.05) is 18.9 Å². The molecule has 0 saturated carbocycles. The Balaban J connectivity index is 1.65. The molecule has 3 aromatic rings. The molecule has 0 atom stereocenters. The molecule has 1 aromatic heterocycles. The van der Waals surface area contributed by atoms with Crippen molar-refractivity contribution in [3.05, 3.63) is 65.4 Å². The Morgan fingerprint density at radius 3 is 2.61 bits per heavy atom. The van der Waals surface area contributed by atoms with Crippen LogP contribution < -0.4 is 16.0 Å². The largest absolute Gasteiger partial charge is 0.334 e. The van der Waals surface area contributed by atoms with Crippen LogP contribution in [0.5, 0.6) is 0 Å². The second-order valence-corrected chi connectivity index (χ2v) is 6.67. The number of aryl methyl sites for hydroxylation is 2. The zero-order chi connectivity index (χ0) is 19.9. The molecule has 3 N–H and O–H groups in total. The fourth-order valence-electron chi connectivity index (χ4n) is 3.15. The van der Waals surface area contributed by atoms with Crippen molar-refractivity contribution < 1.29 is 4.79 Å². The Hall–Kier alpha value is -3.23. The first-order valence-corrected chi connectivity index (χ1v) is 9.48. The molecule has 0 unspecified atom stereocenters. The first-order valence-electron chi connectivity index (χ1n) is 9.48. The number of carbonyl (C=O) groups is 1. The lowest BCUT2D eigenvalue weighted by molar-refractivity contribution is 0.253. The molecule has 2 aromatic carbocycles. The lowest BCUT2D eigenvalue weighted by Gasteiger charge is -2.05. The maximum absolute atomic E-state index is 12.0. The molecule has 0 fully saturated rings. The predicted octanol–water partition coefficient (Wildman–Crippen LogP) is 3.86. The Morgan fingerprint density at radius 2 is 1.89 bits per heavy atom. The summed E-state index contributed by atoms with van der Waals surface area (Å²) in [5.74, 6) is 6.23. The van der Waals surface area contributed by atoms with E-state index in [-0.39, 0.29) is 12.6 Å². The zero-order valence-electron chi connectivity index (χ0n) is 16.6. The van der Waals surface area contributed by atoms with Crippen molar-refractivity contribution in [3.63, 3.8) is 0 Å². The first kappa shape index (κ1) is 19.5. The summed E-state index contributed by atoms with van der Waals surface area (Å²) in [7, 11) is 1.94. The highest BCUT2D eigenvalue weighted by molar-refractivity contribution is 5.89. The van der Waals surface area contributed by atoms with Gasteiger partial charge in [-0.05, 0) is 62.7 Å². The summed E-state index contributed by atoms with van der Waals surface area (Å²) in [5.41, 5.74) is 5.30. The standard InChI is InChI=1S/C23H26N4O/c1-4-27-21(15-19-14-18(16-24-3)9-12-22(19)27)6-5-13-25-23(28)26-20-10-7-17(2)8-11-20/h7-12,14-15,24H,4,13,16H2,1-3H3,(H2,25,26,28). The van der Waals surface area contributed by atoms with E-state index >= 15 is 0 Å². The molecule has 5 heteroatoms. The molecule has 2 amide bonds. The minimum Gasteiger partial charge on any atom is -0.334 e. The van der Waals surface area contributed by atoms with E-state index in [0.29, 0.717) is 0 Å². The number of hydrogen-bond acceptors (Lipinski definition) is 2. The van der Waals surface area contributed by atoms with E-state index in [4.69, 9.17) is 0 Å². The van der Waals surface area contributed by atoms with Crippen molar-refractivity contribution in [3.8, 4) is 11.8 Å². The van der Waals surface area contributed by atoms with Gasteiger partial charge in [-0.25, -0.2) is 4.79 Å². The highest BCUT2D eigenvalue weighted by Gasteiger charge is 2.06. The Kier molecular flexibility index (Phi) is 6.36. The smallest absolute Gasteiger partial charge is 0.319 e. The van der Waals surface area contributed by atoms with Crippen LogP contribution in [0.4, 0.5) is 10.5 Å². The molecule has 5 nitrogen and oxygen atoms in total. The summed E-state index contributed by atoms with van der Waals surface area (Å²) in [6.45, 7) is 6.10. The maximum atomic E-state index is 12.0. The van der Waals surface area contributed by atoms with Gasteiger partial charge in [-0.15, -0.1) is 0 Å². The van der Waals surface area contributed by atoms with Crippen molar-refractivity contribution >= 4 is 22.6 Å².